The van der Waals surface area contributed by atoms with E-state index >= 15 is 0 Å². The maximum atomic E-state index is 4.69. The topological polar surface area (TPSA) is 54.2 Å². The second kappa shape index (κ2) is 11.9. The number of guanidine groups is 1. The Morgan fingerprint density at radius 2 is 2.00 bits per heavy atom. The minimum absolute atomic E-state index is 0. The molecule has 0 aliphatic rings. The molecule has 1 aromatic carbocycles. The van der Waals surface area contributed by atoms with Gasteiger partial charge in [-0.2, -0.15) is 5.10 Å². The smallest absolute Gasteiger partial charge is 0.191 e. The summed E-state index contributed by atoms with van der Waals surface area (Å²) in [4.78, 5) is 4.69. The molecule has 1 aromatic heterocycles. The summed E-state index contributed by atoms with van der Waals surface area (Å²) in [6, 6.07) is 10.5. The first-order valence-electron chi connectivity index (χ1n) is 8.74. The number of rotatable bonds is 8. The molecular formula is C19H30IN5. The highest BCUT2D eigenvalue weighted by molar-refractivity contribution is 14.0. The molecule has 0 spiro atoms. The number of nitrogens with zero attached hydrogens (tertiary/aromatic N) is 3. The molecule has 5 nitrogen and oxygen atoms in total. The number of aromatic nitrogens is 2. The molecule has 0 unspecified atom stereocenters. The molecule has 1 heterocycles. The van der Waals surface area contributed by atoms with E-state index in [1.807, 2.05) is 16.9 Å². The Bertz CT molecular complexity index is 623. The van der Waals surface area contributed by atoms with E-state index in [1.165, 1.54) is 11.1 Å². The van der Waals surface area contributed by atoms with Crippen LogP contribution < -0.4 is 10.6 Å². The molecule has 0 fully saturated rings. The summed E-state index contributed by atoms with van der Waals surface area (Å²) in [5.41, 5.74) is 2.45. The van der Waals surface area contributed by atoms with Crippen LogP contribution in [0.15, 0.2) is 47.7 Å². The fraction of sp³-hybridized carbons (Fsp3) is 0.474. The molecule has 25 heavy (non-hydrogen) atoms. The minimum atomic E-state index is 0. The molecule has 0 saturated carbocycles. The largest absolute Gasteiger partial charge is 0.357 e. The fourth-order valence-electron chi connectivity index (χ4n) is 2.40. The molecule has 0 aliphatic heterocycles. The second-order valence-corrected chi connectivity index (χ2v) is 6.33. The van der Waals surface area contributed by atoms with Crippen LogP contribution in [-0.4, -0.2) is 28.8 Å². The van der Waals surface area contributed by atoms with Gasteiger partial charge in [0.25, 0.3) is 0 Å². The van der Waals surface area contributed by atoms with E-state index in [2.05, 4.69) is 60.8 Å². The van der Waals surface area contributed by atoms with Gasteiger partial charge < -0.3 is 10.6 Å². The van der Waals surface area contributed by atoms with Gasteiger partial charge in [-0.1, -0.05) is 38.1 Å². The number of benzene rings is 1. The summed E-state index contributed by atoms with van der Waals surface area (Å²) < 4.78 is 1.93. The summed E-state index contributed by atoms with van der Waals surface area (Å²) in [6.07, 6.45) is 4.93. The van der Waals surface area contributed by atoms with Crippen LogP contribution in [0.1, 0.15) is 38.3 Å². The molecule has 2 rings (SSSR count). The Balaban J connectivity index is 0.00000312. The van der Waals surface area contributed by atoms with Crippen molar-refractivity contribution in [1.82, 2.24) is 20.4 Å². The lowest BCUT2D eigenvalue weighted by atomic mass is 10.1. The Kier molecular flexibility index (Phi) is 10.2. The van der Waals surface area contributed by atoms with E-state index < -0.39 is 0 Å². The summed E-state index contributed by atoms with van der Waals surface area (Å²) >= 11 is 0. The van der Waals surface area contributed by atoms with Gasteiger partial charge in [0.2, 0.25) is 0 Å². The van der Waals surface area contributed by atoms with E-state index in [4.69, 9.17) is 4.99 Å². The van der Waals surface area contributed by atoms with Gasteiger partial charge in [0, 0.05) is 25.5 Å². The number of aliphatic imine (C=N–C) groups is 1. The molecule has 138 valence electrons. The molecule has 0 atom stereocenters. The zero-order valence-corrected chi connectivity index (χ0v) is 17.7. The lowest BCUT2D eigenvalue weighted by molar-refractivity contribution is 0.573. The van der Waals surface area contributed by atoms with Crippen LogP contribution in [0.2, 0.25) is 0 Å². The molecule has 2 N–H and O–H groups in total. The summed E-state index contributed by atoms with van der Waals surface area (Å²) in [6.45, 7) is 9.83. The van der Waals surface area contributed by atoms with Crippen LogP contribution in [0.25, 0.3) is 0 Å². The van der Waals surface area contributed by atoms with Crippen LogP contribution in [0.3, 0.4) is 0 Å². The zero-order valence-electron chi connectivity index (χ0n) is 15.4. The van der Waals surface area contributed by atoms with Gasteiger partial charge in [0.1, 0.15) is 0 Å². The lowest BCUT2D eigenvalue weighted by Crippen LogP contribution is -2.38. The minimum Gasteiger partial charge on any atom is -0.357 e. The van der Waals surface area contributed by atoms with Gasteiger partial charge in [-0.15, -0.1) is 24.0 Å². The summed E-state index contributed by atoms with van der Waals surface area (Å²) in [5.74, 6) is 1.58. The summed E-state index contributed by atoms with van der Waals surface area (Å²) in [7, 11) is 0. The van der Waals surface area contributed by atoms with E-state index in [-0.39, 0.29) is 24.0 Å². The van der Waals surface area contributed by atoms with Crippen LogP contribution in [0.5, 0.6) is 0 Å². The average Bonchev–Trinajstić information content (AvgIpc) is 3.05. The first-order chi connectivity index (χ1) is 11.7. The highest BCUT2D eigenvalue weighted by atomic mass is 127. The third-order valence-electron chi connectivity index (χ3n) is 3.67. The Morgan fingerprint density at radius 1 is 1.20 bits per heavy atom. The van der Waals surface area contributed by atoms with Gasteiger partial charge >= 0.3 is 0 Å². The van der Waals surface area contributed by atoms with Crippen molar-refractivity contribution < 1.29 is 0 Å². The SMILES string of the molecule is CCNC(=NCc1cccc(Cn2cccn2)c1)NCCC(C)C.I. The molecule has 0 amide bonds. The van der Waals surface area contributed by atoms with Gasteiger partial charge in [-0.05, 0) is 36.5 Å². The molecule has 0 aliphatic carbocycles. The first-order valence-corrected chi connectivity index (χ1v) is 8.74. The molecule has 6 heteroatoms. The van der Waals surface area contributed by atoms with Gasteiger partial charge in [0.15, 0.2) is 5.96 Å². The second-order valence-electron chi connectivity index (χ2n) is 6.33. The number of hydrogen-bond donors (Lipinski definition) is 2. The number of halogens is 1. The first kappa shape index (κ1) is 21.5. The molecular weight excluding hydrogens is 425 g/mol. The van der Waals surface area contributed by atoms with Crippen molar-refractivity contribution in [2.45, 2.75) is 40.3 Å². The third-order valence-corrected chi connectivity index (χ3v) is 3.67. The Labute approximate surface area is 168 Å². The van der Waals surface area contributed by atoms with E-state index in [9.17, 15) is 0 Å². The normalized spacial score (nSPS) is 11.3. The van der Waals surface area contributed by atoms with Gasteiger partial charge in [-0.25, -0.2) is 4.99 Å². The van der Waals surface area contributed by atoms with Crippen molar-refractivity contribution in [2.24, 2.45) is 10.9 Å². The maximum absolute atomic E-state index is 4.69. The lowest BCUT2D eigenvalue weighted by Gasteiger charge is -2.12. The summed E-state index contributed by atoms with van der Waals surface area (Å²) in [5, 5.41) is 11.0. The molecule has 0 bridgehead atoms. The standard InChI is InChI=1S/C19H29N5.HI/c1-4-20-19(21-11-9-16(2)3)22-14-17-7-5-8-18(13-17)15-24-12-6-10-23-24;/h5-8,10,12-13,16H,4,9,11,14-15H2,1-3H3,(H2,20,21,22);1H. The maximum Gasteiger partial charge on any atom is 0.191 e. The van der Waals surface area contributed by atoms with Crippen molar-refractivity contribution in [2.75, 3.05) is 13.1 Å². The Hall–Kier alpha value is -1.57. The molecule has 0 saturated heterocycles. The highest BCUT2D eigenvalue weighted by Crippen LogP contribution is 2.08. The van der Waals surface area contributed by atoms with E-state index in [0.717, 1.165) is 32.0 Å². The predicted molar refractivity (Wildman–Crippen MR) is 115 cm³/mol. The third kappa shape index (κ3) is 8.38. The van der Waals surface area contributed by atoms with Crippen LogP contribution in [-0.2, 0) is 13.1 Å². The molecule has 0 radical (unpaired) electrons. The average molecular weight is 455 g/mol. The van der Waals surface area contributed by atoms with Crippen LogP contribution >= 0.6 is 24.0 Å². The van der Waals surface area contributed by atoms with E-state index in [1.54, 1.807) is 6.20 Å². The zero-order chi connectivity index (χ0) is 17.2. The van der Waals surface area contributed by atoms with Crippen LogP contribution in [0, 0.1) is 5.92 Å². The fourth-order valence-corrected chi connectivity index (χ4v) is 2.40. The highest BCUT2D eigenvalue weighted by Gasteiger charge is 2.01. The van der Waals surface area contributed by atoms with E-state index in [0.29, 0.717) is 12.5 Å². The quantitative estimate of drug-likeness (QED) is 0.363. The van der Waals surface area contributed by atoms with Gasteiger partial charge in [-0.3, -0.25) is 4.68 Å². The number of hydrogen-bond acceptors (Lipinski definition) is 2. The van der Waals surface area contributed by atoms with Crippen molar-refractivity contribution in [3.8, 4) is 0 Å². The Morgan fingerprint density at radius 3 is 2.68 bits per heavy atom. The van der Waals surface area contributed by atoms with Crippen LogP contribution in [0.4, 0.5) is 0 Å². The van der Waals surface area contributed by atoms with Crippen molar-refractivity contribution >= 4 is 29.9 Å². The van der Waals surface area contributed by atoms with Gasteiger partial charge in [0.05, 0.1) is 13.1 Å². The molecule has 2 aromatic rings. The van der Waals surface area contributed by atoms with Crippen molar-refractivity contribution in [3.63, 3.8) is 0 Å². The predicted octanol–water partition coefficient (Wildman–Crippen LogP) is 3.65. The number of nitrogens with one attached hydrogen (secondary N) is 2. The monoisotopic (exact) mass is 455 g/mol. The van der Waals surface area contributed by atoms with Crippen molar-refractivity contribution in [3.05, 3.63) is 53.9 Å². The van der Waals surface area contributed by atoms with Crippen molar-refractivity contribution in [1.29, 1.82) is 0 Å².